The van der Waals surface area contributed by atoms with Crippen molar-refractivity contribution in [2.45, 2.75) is 19.5 Å². The molecule has 0 aliphatic rings. The van der Waals surface area contributed by atoms with Crippen LogP contribution in [0.4, 0.5) is 10.1 Å². The Morgan fingerprint density at radius 1 is 1.12 bits per heavy atom. The van der Waals surface area contributed by atoms with Gasteiger partial charge in [0.25, 0.3) is 5.91 Å². The van der Waals surface area contributed by atoms with E-state index in [1.807, 2.05) is 37.3 Å². The molecule has 0 aliphatic heterocycles. The summed E-state index contributed by atoms with van der Waals surface area (Å²) in [6.45, 7) is 2.64. The molecule has 3 aromatic rings. The highest BCUT2D eigenvalue weighted by molar-refractivity contribution is 6.03. The molecule has 0 fully saturated rings. The van der Waals surface area contributed by atoms with Crippen LogP contribution in [-0.2, 0) is 6.54 Å². The zero-order valence-corrected chi connectivity index (χ0v) is 14.4. The van der Waals surface area contributed by atoms with Gasteiger partial charge in [0.1, 0.15) is 5.82 Å². The number of nitrogens with one attached hydrogen (secondary N) is 2. The summed E-state index contributed by atoms with van der Waals surface area (Å²) in [7, 11) is 0. The van der Waals surface area contributed by atoms with Gasteiger partial charge in [0.05, 0.1) is 5.56 Å². The maximum atomic E-state index is 13.3. The number of hydrogen-bond donors (Lipinski definition) is 2. The monoisotopic (exact) mass is 349 g/mol. The summed E-state index contributed by atoms with van der Waals surface area (Å²) in [5.41, 5.74) is 3.22. The highest BCUT2D eigenvalue weighted by Gasteiger charge is 2.07. The number of nitrogens with zero attached hydrogens (tertiary/aromatic N) is 1. The number of carbonyl (C=O) groups is 1. The smallest absolute Gasteiger partial charge is 0.257 e. The molecule has 0 unspecified atom stereocenters. The SMILES string of the molecule is C[C@@H](NCc1ccc(NC(=O)c2cccnc2)cc1)c1cccc(F)c1. The van der Waals surface area contributed by atoms with E-state index in [9.17, 15) is 9.18 Å². The van der Waals surface area contributed by atoms with Gasteiger partial charge in [0, 0.05) is 30.7 Å². The van der Waals surface area contributed by atoms with Gasteiger partial charge in [0.2, 0.25) is 0 Å². The first-order valence-corrected chi connectivity index (χ1v) is 8.41. The zero-order chi connectivity index (χ0) is 18.4. The second-order valence-electron chi connectivity index (χ2n) is 6.05. The molecular formula is C21H20FN3O. The van der Waals surface area contributed by atoms with Crippen LogP contribution in [0.2, 0.25) is 0 Å². The van der Waals surface area contributed by atoms with E-state index in [4.69, 9.17) is 0 Å². The highest BCUT2D eigenvalue weighted by Crippen LogP contribution is 2.15. The predicted molar refractivity (Wildman–Crippen MR) is 100 cm³/mol. The van der Waals surface area contributed by atoms with Crippen molar-refractivity contribution in [3.05, 3.63) is 95.6 Å². The fraction of sp³-hybridized carbons (Fsp3) is 0.143. The van der Waals surface area contributed by atoms with E-state index in [1.165, 1.54) is 18.3 Å². The van der Waals surface area contributed by atoms with Gasteiger partial charge in [-0.2, -0.15) is 0 Å². The number of carbonyl (C=O) groups excluding carboxylic acids is 1. The Morgan fingerprint density at radius 3 is 2.62 bits per heavy atom. The number of halogens is 1. The topological polar surface area (TPSA) is 54.0 Å². The molecule has 1 aromatic heterocycles. The van der Waals surface area contributed by atoms with Gasteiger partial charge in [-0.1, -0.05) is 24.3 Å². The van der Waals surface area contributed by atoms with E-state index in [0.717, 1.165) is 16.8 Å². The van der Waals surface area contributed by atoms with Crippen LogP contribution < -0.4 is 10.6 Å². The van der Waals surface area contributed by atoms with Crippen molar-refractivity contribution in [3.8, 4) is 0 Å². The molecule has 0 spiro atoms. The largest absolute Gasteiger partial charge is 0.322 e. The zero-order valence-electron chi connectivity index (χ0n) is 14.4. The van der Waals surface area contributed by atoms with Gasteiger partial charge in [-0.15, -0.1) is 0 Å². The molecule has 0 radical (unpaired) electrons. The second kappa shape index (κ2) is 8.36. The van der Waals surface area contributed by atoms with E-state index in [0.29, 0.717) is 12.1 Å². The number of aromatic nitrogens is 1. The minimum Gasteiger partial charge on any atom is -0.322 e. The van der Waals surface area contributed by atoms with Gasteiger partial charge < -0.3 is 10.6 Å². The summed E-state index contributed by atoms with van der Waals surface area (Å²) in [5, 5.41) is 6.21. The fourth-order valence-electron chi connectivity index (χ4n) is 2.57. The summed E-state index contributed by atoms with van der Waals surface area (Å²) < 4.78 is 13.3. The van der Waals surface area contributed by atoms with E-state index in [1.54, 1.807) is 24.4 Å². The molecule has 1 amide bonds. The summed E-state index contributed by atoms with van der Waals surface area (Å²) in [5.74, 6) is -0.423. The normalized spacial score (nSPS) is 11.8. The van der Waals surface area contributed by atoms with Crippen molar-refractivity contribution in [2.24, 2.45) is 0 Å². The van der Waals surface area contributed by atoms with Crippen molar-refractivity contribution in [1.29, 1.82) is 0 Å². The molecule has 1 atom stereocenters. The third-order valence-corrected chi connectivity index (χ3v) is 4.10. The molecule has 0 saturated heterocycles. The third-order valence-electron chi connectivity index (χ3n) is 4.10. The Bertz CT molecular complexity index is 866. The maximum absolute atomic E-state index is 13.3. The number of amides is 1. The molecule has 0 bridgehead atoms. The minimum absolute atomic E-state index is 0.0376. The van der Waals surface area contributed by atoms with Gasteiger partial charge in [-0.3, -0.25) is 9.78 Å². The summed E-state index contributed by atoms with van der Waals surface area (Å²) in [6, 6.07) is 17.7. The first-order chi connectivity index (χ1) is 12.6. The molecule has 0 aliphatic carbocycles. The molecule has 26 heavy (non-hydrogen) atoms. The van der Waals surface area contributed by atoms with E-state index in [2.05, 4.69) is 15.6 Å². The van der Waals surface area contributed by atoms with Crippen LogP contribution >= 0.6 is 0 Å². The highest BCUT2D eigenvalue weighted by atomic mass is 19.1. The molecule has 2 N–H and O–H groups in total. The second-order valence-corrected chi connectivity index (χ2v) is 6.05. The van der Waals surface area contributed by atoms with Crippen LogP contribution in [0.5, 0.6) is 0 Å². The van der Waals surface area contributed by atoms with Crippen molar-refractivity contribution in [3.63, 3.8) is 0 Å². The lowest BCUT2D eigenvalue weighted by Gasteiger charge is -2.14. The lowest BCUT2D eigenvalue weighted by Crippen LogP contribution is -2.18. The van der Waals surface area contributed by atoms with Crippen LogP contribution in [0.15, 0.2) is 73.1 Å². The van der Waals surface area contributed by atoms with Crippen molar-refractivity contribution >= 4 is 11.6 Å². The molecule has 2 aromatic carbocycles. The van der Waals surface area contributed by atoms with E-state index >= 15 is 0 Å². The van der Waals surface area contributed by atoms with Crippen LogP contribution in [0, 0.1) is 5.82 Å². The Morgan fingerprint density at radius 2 is 1.92 bits per heavy atom. The molecular weight excluding hydrogens is 329 g/mol. The van der Waals surface area contributed by atoms with Crippen LogP contribution in [0.3, 0.4) is 0 Å². The molecule has 5 heteroatoms. The van der Waals surface area contributed by atoms with Crippen molar-refractivity contribution in [1.82, 2.24) is 10.3 Å². The quantitative estimate of drug-likeness (QED) is 0.697. The fourth-order valence-corrected chi connectivity index (χ4v) is 2.57. The summed E-state index contributed by atoms with van der Waals surface area (Å²) in [4.78, 5) is 16.0. The predicted octanol–water partition coefficient (Wildman–Crippen LogP) is 4.32. The molecule has 0 saturated carbocycles. The lowest BCUT2D eigenvalue weighted by atomic mass is 10.1. The first kappa shape index (κ1) is 17.8. The third kappa shape index (κ3) is 4.74. The van der Waals surface area contributed by atoms with Crippen molar-refractivity contribution in [2.75, 3.05) is 5.32 Å². The Labute approximate surface area is 152 Å². The standard InChI is InChI=1S/C21H20FN3O/c1-15(17-4-2-6-19(22)12-17)24-13-16-7-9-20(10-8-16)25-21(26)18-5-3-11-23-14-18/h2-12,14-15,24H,13H2,1H3,(H,25,26)/t15-/m1/s1. The average Bonchev–Trinajstić information content (AvgIpc) is 2.68. The van der Waals surface area contributed by atoms with Crippen LogP contribution in [0.25, 0.3) is 0 Å². The number of anilines is 1. The Balaban J connectivity index is 1.55. The Hall–Kier alpha value is -3.05. The molecule has 132 valence electrons. The minimum atomic E-state index is -0.232. The first-order valence-electron chi connectivity index (χ1n) is 8.41. The van der Waals surface area contributed by atoms with Crippen LogP contribution in [0.1, 0.15) is 34.5 Å². The Kier molecular flexibility index (Phi) is 5.71. The maximum Gasteiger partial charge on any atom is 0.257 e. The molecule has 3 rings (SSSR count). The average molecular weight is 349 g/mol. The summed E-state index contributed by atoms with van der Waals surface area (Å²) >= 11 is 0. The van der Waals surface area contributed by atoms with Gasteiger partial charge >= 0.3 is 0 Å². The number of benzene rings is 2. The van der Waals surface area contributed by atoms with Gasteiger partial charge in [-0.05, 0) is 54.4 Å². The van der Waals surface area contributed by atoms with E-state index < -0.39 is 0 Å². The number of pyridine rings is 1. The van der Waals surface area contributed by atoms with Gasteiger partial charge in [0.15, 0.2) is 0 Å². The van der Waals surface area contributed by atoms with Crippen molar-refractivity contribution < 1.29 is 9.18 Å². The molecule has 4 nitrogen and oxygen atoms in total. The number of rotatable bonds is 6. The summed E-state index contributed by atoms with van der Waals surface area (Å²) in [6.07, 6.45) is 3.16. The number of hydrogen-bond acceptors (Lipinski definition) is 3. The van der Waals surface area contributed by atoms with Crippen LogP contribution in [-0.4, -0.2) is 10.9 Å². The lowest BCUT2D eigenvalue weighted by molar-refractivity contribution is 0.102. The molecule has 1 heterocycles. The van der Waals surface area contributed by atoms with E-state index in [-0.39, 0.29) is 17.8 Å². The van der Waals surface area contributed by atoms with Gasteiger partial charge in [-0.25, -0.2) is 4.39 Å².